The second-order valence-corrected chi connectivity index (χ2v) is 5.54. The zero-order valence-corrected chi connectivity index (χ0v) is 13.2. The molecule has 3 nitrogen and oxygen atoms in total. The zero-order valence-electron chi connectivity index (χ0n) is 13.2. The van der Waals surface area contributed by atoms with E-state index in [0.717, 1.165) is 30.9 Å². The maximum atomic E-state index is 12.8. The number of benzene rings is 2. The summed E-state index contributed by atoms with van der Waals surface area (Å²) in [6.07, 6.45) is 0. The van der Waals surface area contributed by atoms with Gasteiger partial charge in [0.25, 0.3) is 0 Å². The Balaban J connectivity index is 1.81. The van der Waals surface area contributed by atoms with Crippen LogP contribution < -0.4 is 10.1 Å². The standard InChI is InChI=1S/C18H23FN2O/c1-21(2)11-10-20-13-16-4-3-5-18(12-16)22-14-15-6-8-17(19)9-7-15/h3-9,12,20H,10-11,13-14H2,1-2H3. The molecule has 0 aliphatic heterocycles. The third-order valence-electron chi connectivity index (χ3n) is 3.28. The quantitative estimate of drug-likeness (QED) is 0.759. The highest BCUT2D eigenvalue weighted by Crippen LogP contribution is 2.15. The monoisotopic (exact) mass is 302 g/mol. The van der Waals surface area contributed by atoms with Gasteiger partial charge < -0.3 is 15.0 Å². The molecule has 0 amide bonds. The first-order chi connectivity index (χ1) is 10.6. The molecule has 0 bridgehead atoms. The van der Waals surface area contributed by atoms with Gasteiger partial charge in [0, 0.05) is 19.6 Å². The molecule has 0 saturated heterocycles. The Morgan fingerprint density at radius 2 is 1.82 bits per heavy atom. The molecule has 1 N–H and O–H groups in total. The predicted molar refractivity (Wildman–Crippen MR) is 87.4 cm³/mol. The molecule has 4 heteroatoms. The van der Waals surface area contributed by atoms with Gasteiger partial charge in [0.1, 0.15) is 18.2 Å². The molecular formula is C18H23FN2O. The van der Waals surface area contributed by atoms with Gasteiger partial charge in [-0.3, -0.25) is 0 Å². The van der Waals surface area contributed by atoms with Crippen LogP contribution in [0.4, 0.5) is 4.39 Å². The molecule has 0 fully saturated rings. The Morgan fingerprint density at radius 1 is 1.05 bits per heavy atom. The van der Waals surface area contributed by atoms with E-state index < -0.39 is 0 Å². The topological polar surface area (TPSA) is 24.5 Å². The third kappa shape index (κ3) is 5.84. The minimum atomic E-state index is -0.227. The Kier molecular flexibility index (Phi) is 6.37. The molecule has 0 unspecified atom stereocenters. The SMILES string of the molecule is CN(C)CCNCc1cccc(OCc2ccc(F)cc2)c1. The minimum Gasteiger partial charge on any atom is -0.489 e. The predicted octanol–water partition coefficient (Wildman–Crippen LogP) is 3.06. The molecule has 0 saturated carbocycles. The molecule has 2 rings (SSSR count). The smallest absolute Gasteiger partial charge is 0.123 e. The van der Waals surface area contributed by atoms with Gasteiger partial charge in [-0.1, -0.05) is 24.3 Å². The van der Waals surface area contributed by atoms with Crippen LogP contribution in [0.5, 0.6) is 5.75 Å². The van der Waals surface area contributed by atoms with Crippen molar-refractivity contribution in [3.8, 4) is 5.75 Å². The Bertz CT molecular complexity index is 570. The van der Waals surface area contributed by atoms with Crippen molar-refractivity contribution >= 4 is 0 Å². The maximum Gasteiger partial charge on any atom is 0.123 e. The fraction of sp³-hybridized carbons (Fsp3) is 0.333. The van der Waals surface area contributed by atoms with E-state index in [0.29, 0.717) is 6.61 Å². The molecule has 118 valence electrons. The number of rotatable bonds is 8. The van der Waals surface area contributed by atoms with Crippen LogP contribution in [0.3, 0.4) is 0 Å². The minimum absolute atomic E-state index is 0.227. The second-order valence-electron chi connectivity index (χ2n) is 5.54. The summed E-state index contributed by atoms with van der Waals surface area (Å²) in [5.41, 5.74) is 2.14. The number of nitrogens with one attached hydrogen (secondary N) is 1. The average Bonchev–Trinajstić information content (AvgIpc) is 2.51. The van der Waals surface area contributed by atoms with Crippen molar-refractivity contribution in [2.24, 2.45) is 0 Å². The van der Waals surface area contributed by atoms with Gasteiger partial charge in [-0.2, -0.15) is 0 Å². The molecule has 0 spiro atoms. The van der Waals surface area contributed by atoms with Gasteiger partial charge in [-0.05, 0) is 49.5 Å². The van der Waals surface area contributed by atoms with E-state index in [9.17, 15) is 4.39 Å². The lowest BCUT2D eigenvalue weighted by Gasteiger charge is -2.11. The van der Waals surface area contributed by atoms with E-state index in [1.165, 1.54) is 17.7 Å². The highest BCUT2D eigenvalue weighted by atomic mass is 19.1. The van der Waals surface area contributed by atoms with Crippen LogP contribution in [0, 0.1) is 5.82 Å². The van der Waals surface area contributed by atoms with E-state index in [4.69, 9.17) is 4.74 Å². The van der Waals surface area contributed by atoms with Crippen molar-refractivity contribution in [2.75, 3.05) is 27.2 Å². The summed E-state index contributed by atoms with van der Waals surface area (Å²) in [5, 5.41) is 3.40. The summed E-state index contributed by atoms with van der Waals surface area (Å²) >= 11 is 0. The number of ether oxygens (including phenoxy) is 1. The molecule has 2 aromatic rings. The zero-order chi connectivity index (χ0) is 15.8. The maximum absolute atomic E-state index is 12.8. The van der Waals surface area contributed by atoms with Crippen molar-refractivity contribution < 1.29 is 9.13 Å². The lowest BCUT2D eigenvalue weighted by Crippen LogP contribution is -2.26. The van der Waals surface area contributed by atoms with Crippen molar-refractivity contribution in [2.45, 2.75) is 13.2 Å². The Hall–Kier alpha value is -1.91. The van der Waals surface area contributed by atoms with Gasteiger partial charge in [-0.15, -0.1) is 0 Å². The summed E-state index contributed by atoms with van der Waals surface area (Å²) in [6, 6.07) is 14.4. The summed E-state index contributed by atoms with van der Waals surface area (Å²) in [4.78, 5) is 2.15. The van der Waals surface area contributed by atoms with Crippen LogP contribution in [0.2, 0.25) is 0 Å². The molecule has 0 aliphatic rings. The molecule has 0 radical (unpaired) electrons. The number of halogens is 1. The van der Waals surface area contributed by atoms with Gasteiger partial charge in [0.15, 0.2) is 0 Å². The normalized spacial score (nSPS) is 10.9. The Labute approximate surface area is 131 Å². The Morgan fingerprint density at radius 3 is 2.55 bits per heavy atom. The molecule has 0 aromatic heterocycles. The van der Waals surface area contributed by atoms with Crippen LogP contribution >= 0.6 is 0 Å². The fourth-order valence-corrected chi connectivity index (χ4v) is 2.03. The first kappa shape index (κ1) is 16.5. The lowest BCUT2D eigenvalue weighted by atomic mass is 10.2. The van der Waals surface area contributed by atoms with E-state index in [1.54, 1.807) is 12.1 Å². The largest absolute Gasteiger partial charge is 0.489 e. The molecule has 22 heavy (non-hydrogen) atoms. The number of likely N-dealkylation sites (N-methyl/N-ethyl adjacent to an activating group) is 1. The fourth-order valence-electron chi connectivity index (χ4n) is 2.03. The summed E-state index contributed by atoms with van der Waals surface area (Å²) < 4.78 is 18.6. The first-order valence-electron chi connectivity index (χ1n) is 7.45. The molecular weight excluding hydrogens is 279 g/mol. The number of hydrogen-bond acceptors (Lipinski definition) is 3. The van der Waals surface area contributed by atoms with Crippen molar-refractivity contribution in [3.63, 3.8) is 0 Å². The van der Waals surface area contributed by atoms with Gasteiger partial charge in [0.2, 0.25) is 0 Å². The summed E-state index contributed by atoms with van der Waals surface area (Å²) in [7, 11) is 4.12. The molecule has 2 aromatic carbocycles. The van der Waals surface area contributed by atoms with Crippen LogP contribution in [-0.4, -0.2) is 32.1 Å². The van der Waals surface area contributed by atoms with E-state index in [1.807, 2.05) is 18.2 Å². The summed E-state index contributed by atoms with van der Waals surface area (Å²) in [5.74, 6) is 0.603. The number of hydrogen-bond donors (Lipinski definition) is 1. The number of nitrogens with zero attached hydrogens (tertiary/aromatic N) is 1. The highest BCUT2D eigenvalue weighted by molar-refractivity contribution is 5.29. The average molecular weight is 302 g/mol. The first-order valence-corrected chi connectivity index (χ1v) is 7.45. The van der Waals surface area contributed by atoms with Crippen LogP contribution in [0.1, 0.15) is 11.1 Å². The third-order valence-corrected chi connectivity index (χ3v) is 3.28. The van der Waals surface area contributed by atoms with E-state index in [2.05, 4.69) is 30.4 Å². The lowest BCUT2D eigenvalue weighted by molar-refractivity contribution is 0.305. The van der Waals surface area contributed by atoms with E-state index in [-0.39, 0.29) is 5.82 Å². The van der Waals surface area contributed by atoms with Crippen LogP contribution in [0.25, 0.3) is 0 Å². The van der Waals surface area contributed by atoms with Crippen molar-refractivity contribution in [1.82, 2.24) is 10.2 Å². The molecule has 0 atom stereocenters. The van der Waals surface area contributed by atoms with Gasteiger partial charge >= 0.3 is 0 Å². The molecule has 0 aliphatic carbocycles. The van der Waals surface area contributed by atoms with Gasteiger partial charge in [0.05, 0.1) is 0 Å². The van der Waals surface area contributed by atoms with Crippen molar-refractivity contribution in [3.05, 3.63) is 65.5 Å². The second kappa shape index (κ2) is 8.51. The highest BCUT2D eigenvalue weighted by Gasteiger charge is 1.99. The van der Waals surface area contributed by atoms with E-state index >= 15 is 0 Å². The molecule has 0 heterocycles. The van der Waals surface area contributed by atoms with Crippen LogP contribution in [0.15, 0.2) is 48.5 Å². The summed E-state index contributed by atoms with van der Waals surface area (Å²) in [6.45, 7) is 3.23. The van der Waals surface area contributed by atoms with Crippen molar-refractivity contribution in [1.29, 1.82) is 0 Å². The van der Waals surface area contributed by atoms with Crippen LogP contribution in [-0.2, 0) is 13.2 Å². The van der Waals surface area contributed by atoms with Gasteiger partial charge in [-0.25, -0.2) is 4.39 Å².